The number of aromatic nitrogens is 1. The fraction of sp³-hybridized carbons (Fsp3) is 0.350. The smallest absolute Gasteiger partial charge is 0.416 e. The Balaban J connectivity index is 1.83. The van der Waals surface area contributed by atoms with Crippen LogP contribution in [0.2, 0.25) is 0 Å². The molecule has 1 aliphatic heterocycles. The van der Waals surface area contributed by atoms with E-state index in [0.717, 1.165) is 45.4 Å². The van der Waals surface area contributed by atoms with Crippen LogP contribution in [0.5, 0.6) is 0 Å². The molecule has 160 valence electrons. The number of benzene rings is 1. The maximum absolute atomic E-state index is 13.2. The number of hydrogen-bond donors (Lipinski definition) is 1. The minimum Gasteiger partial charge on any atom is -0.465 e. The molecule has 7 nitrogen and oxygen atoms in total. The SMILES string of the molecule is COC(=O)c1cc(NC(=O)c2ccnc(N3CCN(C)CC3)c2)cc(C(F)(F)F)c1. The Morgan fingerprint density at radius 3 is 2.40 bits per heavy atom. The van der Waals surface area contributed by atoms with Gasteiger partial charge in [0, 0.05) is 43.6 Å². The van der Waals surface area contributed by atoms with Gasteiger partial charge in [0.25, 0.3) is 5.91 Å². The van der Waals surface area contributed by atoms with Crippen molar-refractivity contribution in [2.75, 3.05) is 50.6 Å². The molecule has 1 fully saturated rings. The standard InChI is InChI=1S/C20H21F3N4O3/c1-26-5-7-27(8-6-26)17-11-13(3-4-24-17)18(28)25-16-10-14(19(29)30-2)9-15(12-16)20(21,22)23/h3-4,9-12H,5-8H2,1-2H3,(H,25,28). The number of methoxy groups -OCH3 is 1. The number of ether oxygens (including phenoxy) is 1. The Morgan fingerprint density at radius 1 is 1.07 bits per heavy atom. The molecular formula is C20H21F3N4O3. The molecule has 10 heteroatoms. The van der Waals surface area contributed by atoms with E-state index in [9.17, 15) is 22.8 Å². The number of amides is 1. The molecule has 0 unspecified atom stereocenters. The highest BCUT2D eigenvalue weighted by molar-refractivity contribution is 6.05. The summed E-state index contributed by atoms with van der Waals surface area (Å²) in [6.45, 7) is 3.23. The molecule has 30 heavy (non-hydrogen) atoms. The second kappa shape index (κ2) is 8.70. The summed E-state index contributed by atoms with van der Waals surface area (Å²) in [5.74, 6) is -0.921. The summed E-state index contributed by atoms with van der Waals surface area (Å²) in [5.41, 5.74) is -1.28. The van der Waals surface area contributed by atoms with Crippen LogP contribution in [0.15, 0.2) is 36.5 Å². The van der Waals surface area contributed by atoms with E-state index < -0.39 is 23.6 Å². The van der Waals surface area contributed by atoms with Crippen molar-refractivity contribution in [2.45, 2.75) is 6.18 Å². The van der Waals surface area contributed by atoms with Gasteiger partial charge < -0.3 is 19.9 Å². The summed E-state index contributed by atoms with van der Waals surface area (Å²) >= 11 is 0. The highest BCUT2D eigenvalue weighted by Crippen LogP contribution is 2.32. The molecule has 1 amide bonds. The first-order chi connectivity index (χ1) is 14.2. The van der Waals surface area contributed by atoms with Gasteiger partial charge in [0.2, 0.25) is 0 Å². The van der Waals surface area contributed by atoms with Gasteiger partial charge in [-0.2, -0.15) is 13.2 Å². The molecule has 2 heterocycles. The number of piperazine rings is 1. The number of likely N-dealkylation sites (N-methyl/N-ethyl adjacent to an activating group) is 1. The first-order valence-electron chi connectivity index (χ1n) is 9.19. The fourth-order valence-electron chi connectivity index (χ4n) is 3.07. The van der Waals surface area contributed by atoms with Crippen molar-refractivity contribution >= 4 is 23.4 Å². The number of carbonyl (C=O) groups excluding carboxylic acids is 2. The first-order valence-corrected chi connectivity index (χ1v) is 9.19. The van der Waals surface area contributed by atoms with E-state index >= 15 is 0 Å². The molecule has 0 radical (unpaired) electrons. The summed E-state index contributed by atoms with van der Waals surface area (Å²) < 4.78 is 44.0. The van der Waals surface area contributed by atoms with Gasteiger partial charge in [-0.05, 0) is 37.4 Å². The second-order valence-corrected chi connectivity index (χ2v) is 6.94. The lowest BCUT2D eigenvalue weighted by Crippen LogP contribution is -2.44. The van der Waals surface area contributed by atoms with E-state index in [0.29, 0.717) is 11.9 Å². The van der Waals surface area contributed by atoms with Crippen molar-refractivity contribution in [2.24, 2.45) is 0 Å². The zero-order valence-corrected chi connectivity index (χ0v) is 16.5. The van der Waals surface area contributed by atoms with E-state index in [1.54, 1.807) is 6.07 Å². The summed E-state index contributed by atoms with van der Waals surface area (Å²) in [7, 11) is 3.09. The quantitative estimate of drug-likeness (QED) is 0.764. The maximum Gasteiger partial charge on any atom is 0.416 e. The number of alkyl halides is 3. The molecule has 1 aliphatic rings. The van der Waals surface area contributed by atoms with Gasteiger partial charge in [0.05, 0.1) is 18.2 Å². The van der Waals surface area contributed by atoms with Crippen molar-refractivity contribution in [1.82, 2.24) is 9.88 Å². The van der Waals surface area contributed by atoms with Crippen LogP contribution in [-0.2, 0) is 10.9 Å². The molecule has 0 aliphatic carbocycles. The molecule has 0 spiro atoms. The van der Waals surface area contributed by atoms with Crippen LogP contribution in [0, 0.1) is 0 Å². The van der Waals surface area contributed by atoms with Crippen LogP contribution in [0.4, 0.5) is 24.7 Å². The highest BCUT2D eigenvalue weighted by Gasteiger charge is 2.32. The largest absolute Gasteiger partial charge is 0.465 e. The van der Waals surface area contributed by atoms with E-state index in [1.807, 2.05) is 11.9 Å². The number of anilines is 2. The van der Waals surface area contributed by atoms with E-state index in [1.165, 1.54) is 12.3 Å². The summed E-state index contributed by atoms with van der Waals surface area (Å²) in [4.78, 5) is 32.9. The lowest BCUT2D eigenvalue weighted by molar-refractivity contribution is -0.137. The van der Waals surface area contributed by atoms with Crippen LogP contribution in [0.3, 0.4) is 0 Å². The Morgan fingerprint density at radius 2 is 1.77 bits per heavy atom. The number of nitrogens with one attached hydrogen (secondary N) is 1. The van der Waals surface area contributed by atoms with Crippen molar-refractivity contribution < 1.29 is 27.5 Å². The summed E-state index contributed by atoms with van der Waals surface area (Å²) in [6, 6.07) is 5.66. The minimum absolute atomic E-state index is 0.159. The van der Waals surface area contributed by atoms with Crippen LogP contribution in [0.25, 0.3) is 0 Å². The normalized spacial score (nSPS) is 15.0. The van der Waals surface area contributed by atoms with E-state index in [-0.39, 0.29) is 16.8 Å². The molecule has 0 atom stereocenters. The number of carbonyl (C=O) groups is 2. The number of esters is 1. The van der Waals surface area contributed by atoms with E-state index in [2.05, 4.69) is 19.9 Å². The summed E-state index contributed by atoms with van der Waals surface area (Å²) in [6.07, 6.45) is -3.21. The van der Waals surface area contributed by atoms with Crippen molar-refractivity contribution in [1.29, 1.82) is 0 Å². The molecule has 1 aromatic heterocycles. The van der Waals surface area contributed by atoms with E-state index in [4.69, 9.17) is 0 Å². The lowest BCUT2D eigenvalue weighted by atomic mass is 10.1. The topological polar surface area (TPSA) is 74.8 Å². The van der Waals surface area contributed by atoms with Gasteiger partial charge in [-0.1, -0.05) is 0 Å². The third-order valence-electron chi connectivity index (χ3n) is 4.77. The monoisotopic (exact) mass is 422 g/mol. The van der Waals surface area contributed by atoms with Gasteiger partial charge in [0.15, 0.2) is 0 Å². The van der Waals surface area contributed by atoms with Crippen LogP contribution < -0.4 is 10.2 Å². The van der Waals surface area contributed by atoms with Crippen molar-refractivity contribution in [3.05, 3.63) is 53.2 Å². The molecule has 1 N–H and O–H groups in total. The highest BCUT2D eigenvalue weighted by atomic mass is 19.4. The first kappa shape index (κ1) is 21.6. The fourth-order valence-corrected chi connectivity index (χ4v) is 3.07. The van der Waals surface area contributed by atoms with Crippen LogP contribution in [-0.4, -0.2) is 62.1 Å². The van der Waals surface area contributed by atoms with Crippen molar-refractivity contribution in [3.8, 4) is 0 Å². The number of pyridine rings is 1. The zero-order valence-electron chi connectivity index (χ0n) is 16.5. The van der Waals surface area contributed by atoms with Gasteiger partial charge in [-0.3, -0.25) is 4.79 Å². The van der Waals surface area contributed by atoms with Gasteiger partial charge in [-0.25, -0.2) is 9.78 Å². The van der Waals surface area contributed by atoms with Gasteiger partial charge >= 0.3 is 12.1 Å². The molecule has 1 aromatic carbocycles. The average Bonchev–Trinajstić information content (AvgIpc) is 2.73. The molecular weight excluding hydrogens is 401 g/mol. The Labute approximate surface area is 171 Å². The second-order valence-electron chi connectivity index (χ2n) is 6.94. The summed E-state index contributed by atoms with van der Waals surface area (Å²) in [5, 5.41) is 2.43. The molecule has 1 saturated heterocycles. The molecule has 0 saturated carbocycles. The third-order valence-corrected chi connectivity index (χ3v) is 4.77. The third kappa shape index (κ3) is 5.07. The maximum atomic E-state index is 13.2. The van der Waals surface area contributed by atoms with Crippen LogP contribution >= 0.6 is 0 Å². The molecule has 0 bridgehead atoms. The van der Waals surface area contributed by atoms with Gasteiger partial charge in [0.1, 0.15) is 5.82 Å². The van der Waals surface area contributed by atoms with Crippen molar-refractivity contribution in [3.63, 3.8) is 0 Å². The predicted octanol–water partition coefficient (Wildman–Crippen LogP) is 2.89. The minimum atomic E-state index is -4.69. The predicted molar refractivity (Wildman–Crippen MR) is 105 cm³/mol. The number of halogens is 3. The molecule has 3 rings (SSSR count). The zero-order chi connectivity index (χ0) is 21.9. The Hall–Kier alpha value is -3.14. The Kier molecular flexibility index (Phi) is 6.25. The Bertz CT molecular complexity index is 941. The lowest BCUT2D eigenvalue weighted by Gasteiger charge is -2.33. The number of rotatable bonds is 4. The van der Waals surface area contributed by atoms with Gasteiger partial charge in [-0.15, -0.1) is 0 Å². The molecule has 2 aromatic rings. The average molecular weight is 422 g/mol. The van der Waals surface area contributed by atoms with Crippen LogP contribution in [0.1, 0.15) is 26.3 Å². The number of hydrogen-bond acceptors (Lipinski definition) is 6. The number of nitrogens with zero attached hydrogens (tertiary/aromatic N) is 3.